The van der Waals surface area contributed by atoms with Crippen molar-refractivity contribution in [2.75, 3.05) is 0 Å². The molecule has 1 aliphatic heterocycles. The predicted molar refractivity (Wildman–Crippen MR) is 74.8 cm³/mol. The summed E-state index contributed by atoms with van der Waals surface area (Å²) in [6, 6.07) is 1.81. The van der Waals surface area contributed by atoms with Gasteiger partial charge in [-0.1, -0.05) is 41.5 Å². The minimum absolute atomic E-state index is 0.200. The average molecular weight is 262 g/mol. The van der Waals surface area contributed by atoms with E-state index in [0.717, 1.165) is 16.7 Å². The van der Waals surface area contributed by atoms with Crippen molar-refractivity contribution in [3.05, 3.63) is 22.8 Å². The van der Waals surface area contributed by atoms with Crippen molar-refractivity contribution in [3.8, 4) is 11.5 Å². The third kappa shape index (κ3) is 2.34. The highest BCUT2D eigenvalue weighted by atomic mass is 16.5. The number of carbonyl (C=O) groups is 1. The number of hydrogen-bond acceptors (Lipinski definition) is 3. The molecule has 0 unspecified atom stereocenters. The number of ether oxygens (including phenoxy) is 1. The van der Waals surface area contributed by atoms with Gasteiger partial charge in [-0.15, -0.1) is 0 Å². The van der Waals surface area contributed by atoms with Crippen molar-refractivity contribution in [3.63, 3.8) is 0 Å². The van der Waals surface area contributed by atoms with Gasteiger partial charge in [0.05, 0.1) is 6.42 Å². The van der Waals surface area contributed by atoms with Crippen LogP contribution in [0, 0.1) is 0 Å². The van der Waals surface area contributed by atoms with Crippen LogP contribution in [-0.2, 0) is 22.0 Å². The standard InChI is InChI=1S/C16H22O3/c1-15(2,3)10-8-11-9(7-12(17)19-11)13(14(10)18)16(4,5)6/h8,18H,7H2,1-6H3. The number of phenols is 1. The molecule has 0 aromatic heterocycles. The Bertz CT molecular complexity index is 543. The molecule has 3 nitrogen and oxygen atoms in total. The number of hydrogen-bond donors (Lipinski definition) is 1. The van der Waals surface area contributed by atoms with E-state index in [4.69, 9.17) is 4.74 Å². The number of aromatic hydroxyl groups is 1. The maximum atomic E-state index is 11.5. The van der Waals surface area contributed by atoms with Gasteiger partial charge in [0.15, 0.2) is 0 Å². The molecule has 2 rings (SSSR count). The summed E-state index contributed by atoms with van der Waals surface area (Å²) in [7, 11) is 0. The zero-order valence-electron chi connectivity index (χ0n) is 12.5. The third-order valence-electron chi connectivity index (χ3n) is 3.47. The Kier molecular flexibility index (Phi) is 2.92. The van der Waals surface area contributed by atoms with Crippen LogP contribution >= 0.6 is 0 Å². The first-order valence-corrected chi connectivity index (χ1v) is 6.62. The molecule has 104 valence electrons. The lowest BCUT2D eigenvalue weighted by Gasteiger charge is -2.28. The molecule has 0 radical (unpaired) electrons. The second-order valence-electron chi connectivity index (χ2n) is 7.28. The third-order valence-corrected chi connectivity index (χ3v) is 3.47. The number of benzene rings is 1. The summed E-state index contributed by atoms with van der Waals surface area (Å²) in [6.07, 6.45) is 0.250. The van der Waals surface area contributed by atoms with Crippen molar-refractivity contribution in [2.24, 2.45) is 0 Å². The molecule has 1 aromatic rings. The molecule has 1 aliphatic rings. The molecular weight excluding hydrogens is 240 g/mol. The van der Waals surface area contributed by atoms with E-state index >= 15 is 0 Å². The van der Waals surface area contributed by atoms with Gasteiger partial charge >= 0.3 is 5.97 Å². The van der Waals surface area contributed by atoms with Crippen LogP contribution in [0.25, 0.3) is 0 Å². The number of phenolic OH excluding ortho intramolecular Hbond substituents is 1. The van der Waals surface area contributed by atoms with E-state index in [9.17, 15) is 9.90 Å². The number of rotatable bonds is 0. The normalized spacial score (nSPS) is 15.4. The Morgan fingerprint density at radius 2 is 1.68 bits per heavy atom. The van der Waals surface area contributed by atoms with Gasteiger partial charge in [-0.2, -0.15) is 0 Å². The van der Waals surface area contributed by atoms with Crippen molar-refractivity contribution in [1.82, 2.24) is 0 Å². The van der Waals surface area contributed by atoms with Crippen LogP contribution in [0.3, 0.4) is 0 Å². The maximum Gasteiger partial charge on any atom is 0.315 e. The summed E-state index contributed by atoms with van der Waals surface area (Å²) < 4.78 is 5.28. The summed E-state index contributed by atoms with van der Waals surface area (Å²) in [5, 5.41) is 10.6. The Balaban J connectivity index is 2.78. The second kappa shape index (κ2) is 3.99. The van der Waals surface area contributed by atoms with Crippen LogP contribution < -0.4 is 4.74 Å². The molecule has 3 heteroatoms. The Morgan fingerprint density at radius 3 is 2.16 bits per heavy atom. The molecule has 19 heavy (non-hydrogen) atoms. The largest absolute Gasteiger partial charge is 0.507 e. The van der Waals surface area contributed by atoms with Crippen LogP contribution in [0.4, 0.5) is 0 Å². The lowest BCUT2D eigenvalue weighted by atomic mass is 9.77. The van der Waals surface area contributed by atoms with E-state index in [1.807, 2.05) is 47.6 Å². The van der Waals surface area contributed by atoms with E-state index in [1.54, 1.807) is 0 Å². The first kappa shape index (κ1) is 13.9. The highest BCUT2D eigenvalue weighted by Gasteiger charge is 2.35. The summed E-state index contributed by atoms with van der Waals surface area (Å²) in [5.74, 6) is 0.667. The van der Waals surface area contributed by atoms with E-state index in [1.165, 1.54) is 0 Å². The van der Waals surface area contributed by atoms with E-state index in [0.29, 0.717) is 11.5 Å². The fourth-order valence-corrected chi connectivity index (χ4v) is 2.64. The highest BCUT2D eigenvalue weighted by Crippen LogP contribution is 2.46. The van der Waals surface area contributed by atoms with Gasteiger partial charge in [0.1, 0.15) is 11.5 Å². The van der Waals surface area contributed by atoms with Crippen molar-refractivity contribution >= 4 is 5.97 Å². The molecule has 1 aromatic carbocycles. The molecule has 1 heterocycles. The fourth-order valence-electron chi connectivity index (χ4n) is 2.64. The maximum absolute atomic E-state index is 11.5. The van der Waals surface area contributed by atoms with Crippen LogP contribution in [0.5, 0.6) is 11.5 Å². The highest BCUT2D eigenvalue weighted by molar-refractivity contribution is 5.83. The van der Waals surface area contributed by atoms with Gasteiger partial charge in [-0.25, -0.2) is 0 Å². The first-order chi connectivity index (χ1) is 8.51. The van der Waals surface area contributed by atoms with Crippen molar-refractivity contribution in [2.45, 2.75) is 58.8 Å². The van der Waals surface area contributed by atoms with Crippen molar-refractivity contribution in [1.29, 1.82) is 0 Å². The van der Waals surface area contributed by atoms with Gasteiger partial charge in [0, 0.05) is 16.7 Å². The zero-order chi connectivity index (χ0) is 14.6. The molecule has 0 bridgehead atoms. The molecule has 0 saturated carbocycles. The average Bonchev–Trinajstić information content (AvgIpc) is 2.52. The van der Waals surface area contributed by atoms with Gasteiger partial charge in [-0.3, -0.25) is 4.79 Å². The molecule has 0 spiro atoms. The van der Waals surface area contributed by atoms with E-state index < -0.39 is 0 Å². The Morgan fingerprint density at radius 1 is 1.11 bits per heavy atom. The molecule has 0 saturated heterocycles. The minimum atomic E-state index is -0.244. The molecule has 1 N–H and O–H groups in total. The SMILES string of the molecule is CC(C)(C)c1cc2c(c(C(C)(C)C)c1O)CC(=O)O2. The van der Waals surface area contributed by atoms with Gasteiger partial charge in [-0.05, 0) is 16.9 Å². The van der Waals surface area contributed by atoms with Crippen LogP contribution in [0.1, 0.15) is 58.2 Å². The monoisotopic (exact) mass is 262 g/mol. The summed E-state index contributed by atoms with van der Waals surface area (Å²) in [4.78, 5) is 11.5. The minimum Gasteiger partial charge on any atom is -0.507 e. The van der Waals surface area contributed by atoms with E-state index in [-0.39, 0.29) is 23.2 Å². The molecule has 0 fully saturated rings. The van der Waals surface area contributed by atoms with Gasteiger partial charge in [0.25, 0.3) is 0 Å². The van der Waals surface area contributed by atoms with Crippen LogP contribution in [0.2, 0.25) is 0 Å². The lowest BCUT2D eigenvalue weighted by Crippen LogP contribution is -2.18. The predicted octanol–water partition coefficient (Wildman–Crippen LogP) is 3.45. The Hall–Kier alpha value is -1.51. The smallest absolute Gasteiger partial charge is 0.315 e. The van der Waals surface area contributed by atoms with Crippen LogP contribution in [0.15, 0.2) is 6.07 Å². The van der Waals surface area contributed by atoms with Crippen LogP contribution in [-0.4, -0.2) is 11.1 Å². The second-order valence-corrected chi connectivity index (χ2v) is 7.28. The number of esters is 1. The number of fused-ring (bicyclic) bond motifs is 1. The van der Waals surface area contributed by atoms with E-state index in [2.05, 4.69) is 0 Å². The Labute approximate surface area is 114 Å². The summed E-state index contributed by atoms with van der Waals surface area (Å²) in [6.45, 7) is 12.2. The topological polar surface area (TPSA) is 46.5 Å². The van der Waals surface area contributed by atoms with Gasteiger partial charge in [0.2, 0.25) is 0 Å². The number of carbonyl (C=O) groups excluding carboxylic acids is 1. The quantitative estimate of drug-likeness (QED) is 0.575. The van der Waals surface area contributed by atoms with Crippen molar-refractivity contribution < 1.29 is 14.6 Å². The fraction of sp³-hybridized carbons (Fsp3) is 0.562. The molecule has 0 amide bonds. The zero-order valence-corrected chi connectivity index (χ0v) is 12.5. The molecule has 0 atom stereocenters. The first-order valence-electron chi connectivity index (χ1n) is 6.62. The van der Waals surface area contributed by atoms with Gasteiger partial charge < -0.3 is 9.84 Å². The molecular formula is C16H22O3. The summed E-state index contributed by atoms with van der Waals surface area (Å²) in [5.41, 5.74) is 2.06. The summed E-state index contributed by atoms with van der Waals surface area (Å²) >= 11 is 0. The lowest BCUT2D eigenvalue weighted by molar-refractivity contribution is -0.131. The molecule has 0 aliphatic carbocycles.